The zero-order valence-corrected chi connectivity index (χ0v) is 5.30. The number of hydrogen-bond acceptors (Lipinski definition) is 3. The first-order valence-corrected chi connectivity index (χ1v) is 3.43. The number of hydrazine groups is 1. The van der Waals surface area contributed by atoms with Crippen LogP contribution in [0.3, 0.4) is 0 Å². The minimum atomic E-state index is 0.655. The largest absolute Gasteiger partial charge is 0.297 e. The standard InChI is InChI=1S/C6H11N3/c1-2-7-3-5-4-8-9-6(1)5/h2,5-6,8-9H,1,3-4H2. The molecule has 2 aliphatic heterocycles. The van der Waals surface area contributed by atoms with Crippen LogP contribution in [-0.4, -0.2) is 25.3 Å². The highest BCUT2D eigenvalue weighted by atomic mass is 15.4. The highest BCUT2D eigenvalue weighted by Gasteiger charge is 2.27. The Labute approximate surface area is 54.5 Å². The third-order valence-corrected chi connectivity index (χ3v) is 2.05. The molecule has 0 aromatic heterocycles. The van der Waals surface area contributed by atoms with Crippen molar-refractivity contribution in [1.29, 1.82) is 0 Å². The summed E-state index contributed by atoms with van der Waals surface area (Å²) in [6.45, 7) is 2.09. The van der Waals surface area contributed by atoms with Crippen molar-refractivity contribution >= 4 is 6.21 Å². The molecule has 0 bridgehead atoms. The SMILES string of the molecule is C1=NCC2CNNC2C1. The second-order valence-corrected chi connectivity index (χ2v) is 2.68. The molecule has 2 aliphatic rings. The topological polar surface area (TPSA) is 36.4 Å². The highest BCUT2D eigenvalue weighted by molar-refractivity contribution is 5.59. The van der Waals surface area contributed by atoms with Gasteiger partial charge in [-0.05, 0) is 6.42 Å². The number of rotatable bonds is 0. The molecule has 9 heavy (non-hydrogen) atoms. The minimum Gasteiger partial charge on any atom is -0.297 e. The average Bonchev–Trinajstić information content (AvgIpc) is 2.33. The summed E-state index contributed by atoms with van der Waals surface area (Å²) < 4.78 is 0. The van der Waals surface area contributed by atoms with Gasteiger partial charge in [-0.3, -0.25) is 15.8 Å². The quantitative estimate of drug-likeness (QED) is 0.460. The van der Waals surface area contributed by atoms with Crippen molar-refractivity contribution in [2.24, 2.45) is 10.9 Å². The smallest absolute Gasteiger partial charge is 0.0441 e. The monoisotopic (exact) mass is 125 g/mol. The average molecular weight is 125 g/mol. The molecule has 50 valence electrons. The Bertz CT molecular complexity index is 118. The molecule has 0 aromatic carbocycles. The van der Waals surface area contributed by atoms with Crippen molar-refractivity contribution in [1.82, 2.24) is 10.9 Å². The maximum absolute atomic E-state index is 4.21. The molecule has 2 atom stereocenters. The Morgan fingerprint density at radius 2 is 2.56 bits per heavy atom. The fourth-order valence-corrected chi connectivity index (χ4v) is 1.42. The molecule has 3 heteroatoms. The van der Waals surface area contributed by atoms with Gasteiger partial charge in [-0.2, -0.15) is 0 Å². The summed E-state index contributed by atoms with van der Waals surface area (Å²) in [6.07, 6.45) is 3.11. The number of fused-ring (bicyclic) bond motifs is 1. The first-order valence-electron chi connectivity index (χ1n) is 3.43. The zero-order chi connectivity index (χ0) is 6.10. The third kappa shape index (κ3) is 0.862. The van der Waals surface area contributed by atoms with E-state index in [1.807, 2.05) is 6.21 Å². The van der Waals surface area contributed by atoms with Gasteiger partial charge in [0.1, 0.15) is 0 Å². The van der Waals surface area contributed by atoms with Crippen LogP contribution >= 0.6 is 0 Å². The maximum atomic E-state index is 4.21. The van der Waals surface area contributed by atoms with Gasteiger partial charge in [-0.15, -0.1) is 0 Å². The number of nitrogens with one attached hydrogen (secondary N) is 2. The van der Waals surface area contributed by atoms with Gasteiger partial charge in [0.25, 0.3) is 0 Å². The molecular weight excluding hydrogens is 114 g/mol. The summed E-state index contributed by atoms with van der Waals surface area (Å²) >= 11 is 0. The molecule has 1 fully saturated rings. The van der Waals surface area contributed by atoms with Gasteiger partial charge in [0.2, 0.25) is 0 Å². The Kier molecular flexibility index (Phi) is 1.24. The summed E-state index contributed by atoms with van der Waals surface area (Å²) in [5.41, 5.74) is 6.35. The first-order chi connectivity index (χ1) is 4.47. The van der Waals surface area contributed by atoms with Crippen LogP contribution in [0.1, 0.15) is 6.42 Å². The summed E-state index contributed by atoms with van der Waals surface area (Å²) in [4.78, 5) is 4.21. The van der Waals surface area contributed by atoms with Crippen molar-refractivity contribution in [3.05, 3.63) is 0 Å². The molecule has 0 saturated carbocycles. The Morgan fingerprint density at radius 3 is 3.44 bits per heavy atom. The molecule has 0 radical (unpaired) electrons. The lowest BCUT2D eigenvalue weighted by atomic mass is 9.98. The van der Waals surface area contributed by atoms with Gasteiger partial charge < -0.3 is 0 Å². The Balaban J connectivity index is 2.07. The van der Waals surface area contributed by atoms with Gasteiger partial charge >= 0.3 is 0 Å². The fraction of sp³-hybridized carbons (Fsp3) is 0.833. The van der Waals surface area contributed by atoms with E-state index in [9.17, 15) is 0 Å². The second-order valence-electron chi connectivity index (χ2n) is 2.68. The van der Waals surface area contributed by atoms with E-state index in [0.29, 0.717) is 6.04 Å². The van der Waals surface area contributed by atoms with Gasteiger partial charge in [0.05, 0.1) is 0 Å². The van der Waals surface area contributed by atoms with E-state index >= 15 is 0 Å². The summed E-state index contributed by atoms with van der Waals surface area (Å²) in [6, 6.07) is 0.655. The lowest BCUT2D eigenvalue weighted by molar-refractivity contribution is 0.465. The Morgan fingerprint density at radius 1 is 1.56 bits per heavy atom. The van der Waals surface area contributed by atoms with E-state index in [4.69, 9.17) is 0 Å². The zero-order valence-electron chi connectivity index (χ0n) is 5.30. The fourth-order valence-electron chi connectivity index (χ4n) is 1.42. The molecule has 3 nitrogen and oxygen atoms in total. The molecule has 2 N–H and O–H groups in total. The molecular formula is C6H11N3. The lowest BCUT2D eigenvalue weighted by Crippen LogP contribution is -2.34. The second kappa shape index (κ2) is 2.08. The van der Waals surface area contributed by atoms with E-state index < -0.39 is 0 Å². The molecule has 0 aliphatic carbocycles. The molecule has 1 saturated heterocycles. The molecule has 0 spiro atoms. The molecule has 0 amide bonds. The van der Waals surface area contributed by atoms with Crippen LogP contribution in [0, 0.1) is 5.92 Å². The highest BCUT2D eigenvalue weighted by Crippen LogP contribution is 2.13. The predicted molar refractivity (Wildman–Crippen MR) is 36.4 cm³/mol. The van der Waals surface area contributed by atoms with Crippen LogP contribution in [0.15, 0.2) is 4.99 Å². The number of nitrogens with zero attached hydrogens (tertiary/aromatic N) is 1. The van der Waals surface area contributed by atoms with E-state index in [0.717, 1.165) is 25.4 Å². The van der Waals surface area contributed by atoms with Crippen molar-refractivity contribution in [2.45, 2.75) is 12.5 Å². The Hall–Kier alpha value is -0.410. The van der Waals surface area contributed by atoms with Crippen LogP contribution < -0.4 is 10.9 Å². The van der Waals surface area contributed by atoms with Crippen LogP contribution in [0.4, 0.5) is 0 Å². The van der Waals surface area contributed by atoms with Gasteiger partial charge in [-0.25, -0.2) is 0 Å². The third-order valence-electron chi connectivity index (χ3n) is 2.05. The lowest BCUT2D eigenvalue weighted by Gasteiger charge is -2.17. The van der Waals surface area contributed by atoms with Gasteiger partial charge in [-0.1, -0.05) is 0 Å². The van der Waals surface area contributed by atoms with Crippen molar-refractivity contribution in [3.63, 3.8) is 0 Å². The van der Waals surface area contributed by atoms with E-state index in [1.54, 1.807) is 0 Å². The predicted octanol–water partition coefficient (Wildman–Crippen LogP) is -0.447. The number of hydrogen-bond donors (Lipinski definition) is 2. The minimum absolute atomic E-state index is 0.655. The van der Waals surface area contributed by atoms with Crippen LogP contribution in [0.2, 0.25) is 0 Å². The van der Waals surface area contributed by atoms with Crippen molar-refractivity contribution < 1.29 is 0 Å². The van der Waals surface area contributed by atoms with Crippen LogP contribution in [-0.2, 0) is 0 Å². The molecule has 2 unspecified atom stereocenters. The summed E-state index contributed by atoms with van der Waals surface area (Å²) in [5, 5.41) is 0. The molecule has 0 aromatic rings. The normalized spacial score (nSPS) is 40.9. The summed E-state index contributed by atoms with van der Waals surface area (Å²) in [7, 11) is 0. The maximum Gasteiger partial charge on any atom is 0.0441 e. The summed E-state index contributed by atoms with van der Waals surface area (Å²) in [5.74, 6) is 0.745. The van der Waals surface area contributed by atoms with Crippen LogP contribution in [0.5, 0.6) is 0 Å². The van der Waals surface area contributed by atoms with Crippen molar-refractivity contribution in [3.8, 4) is 0 Å². The van der Waals surface area contributed by atoms with Gasteiger partial charge in [0.15, 0.2) is 0 Å². The van der Waals surface area contributed by atoms with Crippen LogP contribution in [0.25, 0.3) is 0 Å². The first kappa shape index (κ1) is 5.38. The van der Waals surface area contributed by atoms with E-state index in [-0.39, 0.29) is 0 Å². The molecule has 2 rings (SSSR count). The van der Waals surface area contributed by atoms with E-state index in [2.05, 4.69) is 15.8 Å². The van der Waals surface area contributed by atoms with Gasteiger partial charge in [0, 0.05) is 31.3 Å². The van der Waals surface area contributed by atoms with Crippen molar-refractivity contribution in [2.75, 3.05) is 13.1 Å². The number of aliphatic imine (C=N–C) groups is 1. The molecule has 2 heterocycles. The van der Waals surface area contributed by atoms with E-state index in [1.165, 1.54) is 0 Å².